The summed E-state index contributed by atoms with van der Waals surface area (Å²) in [5, 5.41) is 0. The van der Waals surface area contributed by atoms with Crippen LogP contribution in [0.4, 0.5) is 4.39 Å². The second-order valence-electron chi connectivity index (χ2n) is 4.48. The molecule has 0 bridgehead atoms. The Morgan fingerprint density at radius 3 is 2.71 bits per heavy atom. The monoisotopic (exact) mass is 352 g/mol. The number of amides is 1. The molecule has 4 nitrogen and oxygen atoms in total. The molecule has 0 heterocycles. The Morgan fingerprint density at radius 2 is 2.10 bits per heavy atom. The van der Waals surface area contributed by atoms with Crippen molar-refractivity contribution in [1.29, 1.82) is 0 Å². The highest BCUT2D eigenvalue weighted by molar-refractivity contribution is 9.10. The Labute approximate surface area is 130 Å². The van der Waals surface area contributed by atoms with Crippen LogP contribution in [0.5, 0.6) is 5.75 Å². The summed E-state index contributed by atoms with van der Waals surface area (Å²) in [5.41, 5.74) is 3.91. The third-order valence-corrected chi connectivity index (χ3v) is 3.72. The second kappa shape index (κ2) is 6.69. The molecule has 0 spiro atoms. The Morgan fingerprint density at radius 1 is 1.33 bits per heavy atom. The van der Waals surface area contributed by atoms with Crippen LogP contribution in [0.2, 0.25) is 0 Å². The summed E-state index contributed by atoms with van der Waals surface area (Å²) in [4.78, 5) is 11.4. The molecule has 0 aliphatic rings. The van der Waals surface area contributed by atoms with Crippen molar-refractivity contribution in [3.05, 3.63) is 63.4 Å². The number of hydrogen-bond donors (Lipinski definition) is 2. The molecule has 0 saturated heterocycles. The average molecular weight is 353 g/mol. The predicted octanol–water partition coefficient (Wildman–Crippen LogP) is 3.08. The van der Waals surface area contributed by atoms with Crippen LogP contribution in [0.25, 0.3) is 0 Å². The maximum Gasteiger partial charge on any atom is 0.265 e. The highest BCUT2D eigenvalue weighted by Crippen LogP contribution is 2.22. The lowest BCUT2D eigenvalue weighted by molar-refractivity contribution is 0.0953. The molecule has 2 aromatic carbocycles. The minimum atomic E-state index is -0.372. The maximum absolute atomic E-state index is 13.4. The molecule has 3 N–H and O–H groups in total. The third-order valence-electron chi connectivity index (χ3n) is 2.98. The summed E-state index contributed by atoms with van der Waals surface area (Å²) in [6.45, 7) is 1.95. The van der Waals surface area contributed by atoms with E-state index >= 15 is 0 Å². The van der Waals surface area contributed by atoms with Crippen LogP contribution in [-0.2, 0) is 6.61 Å². The summed E-state index contributed by atoms with van der Waals surface area (Å²) in [6, 6.07) is 9.76. The Bertz CT molecular complexity index is 677. The summed E-state index contributed by atoms with van der Waals surface area (Å²) < 4.78 is 19.7. The zero-order valence-electron chi connectivity index (χ0n) is 11.3. The van der Waals surface area contributed by atoms with Gasteiger partial charge in [0, 0.05) is 21.7 Å². The molecule has 21 heavy (non-hydrogen) atoms. The van der Waals surface area contributed by atoms with Crippen LogP contribution in [-0.4, -0.2) is 5.91 Å². The van der Waals surface area contributed by atoms with Gasteiger partial charge < -0.3 is 4.74 Å². The first-order chi connectivity index (χ1) is 10.0. The van der Waals surface area contributed by atoms with Gasteiger partial charge in [-0.25, -0.2) is 10.2 Å². The normalized spacial score (nSPS) is 10.3. The zero-order valence-corrected chi connectivity index (χ0v) is 12.9. The topological polar surface area (TPSA) is 64.3 Å². The van der Waals surface area contributed by atoms with Gasteiger partial charge in [0.05, 0.1) is 0 Å². The number of aryl methyl sites for hydroxylation is 1. The van der Waals surface area contributed by atoms with E-state index in [0.717, 1.165) is 10.0 Å². The van der Waals surface area contributed by atoms with E-state index in [9.17, 15) is 9.18 Å². The first kappa shape index (κ1) is 15.5. The number of hydrogen-bond acceptors (Lipinski definition) is 3. The van der Waals surface area contributed by atoms with Gasteiger partial charge >= 0.3 is 0 Å². The largest absolute Gasteiger partial charge is 0.489 e. The molecule has 0 aliphatic heterocycles. The molecule has 110 valence electrons. The molecule has 0 atom stereocenters. The van der Waals surface area contributed by atoms with Crippen molar-refractivity contribution in [3.8, 4) is 5.75 Å². The van der Waals surface area contributed by atoms with Crippen molar-refractivity contribution >= 4 is 21.8 Å². The quantitative estimate of drug-likeness (QED) is 0.504. The SMILES string of the molecule is Cc1ccc(OCc2ccc(C(=O)NN)cc2Br)cc1F. The standard InChI is InChI=1S/C15H14BrFN2O2/c1-9-2-5-12(7-14(9)17)21-8-11-4-3-10(6-13(11)16)15(20)19-18/h2-7H,8,18H2,1H3,(H,19,20). The van der Waals surface area contributed by atoms with E-state index in [1.54, 1.807) is 37.3 Å². The van der Waals surface area contributed by atoms with E-state index in [-0.39, 0.29) is 18.3 Å². The summed E-state index contributed by atoms with van der Waals surface area (Å²) in [6.07, 6.45) is 0. The lowest BCUT2D eigenvalue weighted by Crippen LogP contribution is -2.29. The number of carbonyl (C=O) groups is 1. The van der Waals surface area contributed by atoms with E-state index in [1.807, 2.05) is 0 Å². The van der Waals surface area contributed by atoms with Crippen molar-refractivity contribution in [3.63, 3.8) is 0 Å². The minimum absolute atomic E-state index is 0.258. The zero-order chi connectivity index (χ0) is 15.4. The molecule has 0 fully saturated rings. The predicted molar refractivity (Wildman–Crippen MR) is 81.3 cm³/mol. The lowest BCUT2D eigenvalue weighted by atomic mass is 10.1. The van der Waals surface area contributed by atoms with Gasteiger partial charge in [0.25, 0.3) is 5.91 Å². The van der Waals surface area contributed by atoms with Crippen LogP contribution >= 0.6 is 15.9 Å². The molecule has 0 aliphatic carbocycles. The van der Waals surface area contributed by atoms with Gasteiger partial charge in [-0.1, -0.05) is 28.1 Å². The van der Waals surface area contributed by atoms with Crippen LogP contribution in [0.15, 0.2) is 40.9 Å². The molecule has 2 aromatic rings. The van der Waals surface area contributed by atoms with Crippen molar-refractivity contribution in [2.75, 3.05) is 0 Å². The summed E-state index contributed by atoms with van der Waals surface area (Å²) in [5.74, 6) is 4.86. The maximum atomic E-state index is 13.4. The molecule has 0 saturated carbocycles. The Balaban J connectivity index is 2.09. The number of nitrogens with one attached hydrogen (secondary N) is 1. The van der Waals surface area contributed by atoms with Gasteiger partial charge in [-0.05, 0) is 30.7 Å². The first-order valence-electron chi connectivity index (χ1n) is 6.19. The van der Waals surface area contributed by atoms with Crippen molar-refractivity contribution < 1.29 is 13.9 Å². The van der Waals surface area contributed by atoms with Gasteiger partial charge in [-0.15, -0.1) is 0 Å². The van der Waals surface area contributed by atoms with Gasteiger partial charge in [0.15, 0.2) is 0 Å². The van der Waals surface area contributed by atoms with E-state index in [1.165, 1.54) is 6.07 Å². The number of rotatable bonds is 4. The highest BCUT2D eigenvalue weighted by Gasteiger charge is 2.08. The number of nitrogens with two attached hydrogens (primary N) is 1. The molecule has 0 radical (unpaired) electrons. The van der Waals surface area contributed by atoms with Crippen LogP contribution in [0.3, 0.4) is 0 Å². The van der Waals surface area contributed by atoms with Crippen molar-refractivity contribution in [2.45, 2.75) is 13.5 Å². The fourth-order valence-corrected chi connectivity index (χ4v) is 2.21. The van der Waals surface area contributed by atoms with Crippen LogP contribution < -0.4 is 16.0 Å². The fourth-order valence-electron chi connectivity index (χ4n) is 1.71. The average Bonchev–Trinajstić information content (AvgIpc) is 2.48. The third kappa shape index (κ3) is 3.80. The number of hydrazine groups is 1. The van der Waals surface area contributed by atoms with Gasteiger partial charge in [-0.2, -0.15) is 0 Å². The number of ether oxygens (including phenoxy) is 1. The lowest BCUT2D eigenvalue weighted by Gasteiger charge is -2.10. The summed E-state index contributed by atoms with van der Waals surface area (Å²) >= 11 is 3.37. The van der Waals surface area contributed by atoms with E-state index in [2.05, 4.69) is 21.4 Å². The first-order valence-corrected chi connectivity index (χ1v) is 6.99. The fraction of sp³-hybridized carbons (Fsp3) is 0.133. The molecule has 0 unspecified atom stereocenters. The number of halogens is 2. The molecule has 2 rings (SSSR count). The van der Waals surface area contributed by atoms with Crippen LogP contribution in [0, 0.1) is 12.7 Å². The Hall–Kier alpha value is -1.92. The van der Waals surface area contributed by atoms with Gasteiger partial charge in [-0.3, -0.25) is 10.2 Å². The summed E-state index contributed by atoms with van der Waals surface area (Å²) in [7, 11) is 0. The number of carbonyl (C=O) groups excluding carboxylic acids is 1. The van der Waals surface area contributed by atoms with E-state index in [4.69, 9.17) is 10.6 Å². The van der Waals surface area contributed by atoms with Crippen molar-refractivity contribution in [1.82, 2.24) is 5.43 Å². The molecule has 1 amide bonds. The molecule has 6 heteroatoms. The van der Waals surface area contributed by atoms with Crippen LogP contribution in [0.1, 0.15) is 21.5 Å². The number of benzene rings is 2. The highest BCUT2D eigenvalue weighted by atomic mass is 79.9. The molecule has 0 aromatic heterocycles. The van der Waals surface area contributed by atoms with E-state index in [0.29, 0.717) is 16.9 Å². The Kier molecular flexibility index (Phi) is 4.93. The second-order valence-corrected chi connectivity index (χ2v) is 5.33. The molecular formula is C15H14BrFN2O2. The van der Waals surface area contributed by atoms with Gasteiger partial charge in [0.2, 0.25) is 0 Å². The molecular weight excluding hydrogens is 339 g/mol. The van der Waals surface area contributed by atoms with Crippen molar-refractivity contribution in [2.24, 2.45) is 5.84 Å². The van der Waals surface area contributed by atoms with E-state index < -0.39 is 0 Å². The number of nitrogen functional groups attached to an aromatic ring is 1. The minimum Gasteiger partial charge on any atom is -0.489 e. The smallest absolute Gasteiger partial charge is 0.265 e. The van der Waals surface area contributed by atoms with Gasteiger partial charge in [0.1, 0.15) is 18.2 Å².